The molecule has 0 amide bonds. The first-order valence-electron chi connectivity index (χ1n) is 8.38. The van der Waals surface area contributed by atoms with E-state index in [2.05, 4.69) is 0 Å². The molecule has 30 heavy (non-hydrogen) atoms. The molecular weight excluding hydrogens is 402 g/mol. The number of ether oxygens (including phenoxy) is 1. The van der Waals surface area contributed by atoms with Crippen LogP contribution in [0.4, 0.5) is 14.6 Å². The Morgan fingerprint density at radius 3 is 2.17 bits per heavy atom. The van der Waals surface area contributed by atoms with Gasteiger partial charge in [0.1, 0.15) is 40.9 Å². The second-order valence-corrected chi connectivity index (χ2v) is 6.16. The van der Waals surface area contributed by atoms with Gasteiger partial charge in [-0.3, -0.25) is 4.79 Å². The number of carboxylic acid groups (broad SMARTS) is 2. The molecule has 0 atom stereocenters. The summed E-state index contributed by atoms with van der Waals surface area (Å²) in [5.41, 5.74) is 2.74. The van der Waals surface area contributed by atoms with Crippen LogP contribution < -0.4 is 16.0 Å². The van der Waals surface area contributed by atoms with Crippen molar-refractivity contribution in [1.29, 1.82) is 0 Å². The summed E-state index contributed by atoms with van der Waals surface area (Å²) in [5.74, 6) is -5.32. The number of aromatic nitrogens is 1. The van der Waals surface area contributed by atoms with Crippen molar-refractivity contribution < 1.29 is 33.3 Å². The predicted molar refractivity (Wildman–Crippen MR) is 102 cm³/mol. The molecule has 0 aliphatic rings. The van der Waals surface area contributed by atoms with Gasteiger partial charge in [0.05, 0.1) is 0 Å². The maximum absolute atomic E-state index is 13.9. The fraction of sp³-hybridized carbons (Fsp3) is 0.0500. The molecule has 0 aliphatic heterocycles. The number of aromatic carboxylic acids is 2. The van der Waals surface area contributed by atoms with Gasteiger partial charge in [0.25, 0.3) is 5.56 Å². The van der Waals surface area contributed by atoms with E-state index >= 15 is 0 Å². The summed E-state index contributed by atoms with van der Waals surface area (Å²) in [6.07, 6.45) is 0. The third-order valence-corrected chi connectivity index (χ3v) is 4.19. The number of nitrogen functional groups attached to an aromatic ring is 1. The van der Waals surface area contributed by atoms with Crippen molar-refractivity contribution in [2.75, 3.05) is 5.73 Å². The molecule has 8 nitrogen and oxygen atoms in total. The van der Waals surface area contributed by atoms with Crippen LogP contribution in [0.25, 0.3) is 11.1 Å². The topological polar surface area (TPSA) is 143 Å². The van der Waals surface area contributed by atoms with E-state index in [0.29, 0.717) is 5.56 Å². The normalized spacial score (nSPS) is 10.6. The fourth-order valence-corrected chi connectivity index (χ4v) is 2.88. The summed E-state index contributed by atoms with van der Waals surface area (Å²) in [6, 6.07) is 8.17. The minimum absolute atomic E-state index is 0.161. The number of pyridine rings is 1. The molecule has 2 aromatic carbocycles. The zero-order valence-corrected chi connectivity index (χ0v) is 15.1. The molecule has 0 spiro atoms. The Morgan fingerprint density at radius 1 is 0.967 bits per heavy atom. The van der Waals surface area contributed by atoms with Gasteiger partial charge in [-0.15, -0.1) is 0 Å². The van der Waals surface area contributed by atoms with Crippen LogP contribution in [-0.2, 0) is 6.61 Å². The molecule has 5 N–H and O–H groups in total. The summed E-state index contributed by atoms with van der Waals surface area (Å²) in [6.45, 7) is -0.166. The van der Waals surface area contributed by atoms with Crippen LogP contribution >= 0.6 is 0 Å². The lowest BCUT2D eigenvalue weighted by molar-refractivity contribution is 0.0695. The van der Waals surface area contributed by atoms with Gasteiger partial charge in [0, 0.05) is 17.2 Å². The fourth-order valence-electron chi connectivity index (χ4n) is 2.88. The molecule has 154 valence electrons. The summed E-state index contributed by atoms with van der Waals surface area (Å²) in [4.78, 5) is 37.6. The summed E-state index contributed by atoms with van der Waals surface area (Å²) in [5, 5.41) is 19.0. The van der Waals surface area contributed by atoms with E-state index in [-0.39, 0.29) is 17.9 Å². The molecule has 10 heteroatoms. The van der Waals surface area contributed by atoms with Crippen LogP contribution in [0, 0.1) is 11.6 Å². The molecule has 3 aromatic rings. The molecule has 0 radical (unpaired) electrons. The third kappa shape index (κ3) is 3.97. The Kier molecular flexibility index (Phi) is 5.50. The second-order valence-electron chi connectivity index (χ2n) is 6.16. The van der Waals surface area contributed by atoms with Crippen molar-refractivity contribution in [3.63, 3.8) is 0 Å². The van der Waals surface area contributed by atoms with E-state index in [1.54, 1.807) is 0 Å². The largest absolute Gasteiger partial charge is 0.488 e. The first-order chi connectivity index (χ1) is 14.2. The van der Waals surface area contributed by atoms with Crippen LogP contribution in [-0.4, -0.2) is 27.1 Å². The van der Waals surface area contributed by atoms with Crippen LogP contribution in [0.1, 0.15) is 26.3 Å². The Labute approximate surface area is 167 Å². The number of aromatic amines is 1. The van der Waals surface area contributed by atoms with Crippen LogP contribution in [0.5, 0.6) is 5.75 Å². The van der Waals surface area contributed by atoms with E-state index in [1.807, 2.05) is 4.98 Å². The number of hydrogen-bond acceptors (Lipinski definition) is 5. The van der Waals surface area contributed by atoms with Gasteiger partial charge in [-0.25, -0.2) is 18.4 Å². The maximum Gasteiger partial charge on any atom is 0.342 e. The molecule has 1 aromatic heterocycles. The number of carbonyl (C=O) groups is 2. The van der Waals surface area contributed by atoms with Gasteiger partial charge in [-0.2, -0.15) is 0 Å². The van der Waals surface area contributed by atoms with E-state index in [0.717, 1.165) is 18.2 Å². The minimum atomic E-state index is -1.71. The SMILES string of the molecule is Nc1[nH]c(=O)c(C(=O)O)c(-c2ccc(F)cc2OCc2ccc(F)cc2)c1C(=O)O. The molecule has 0 unspecified atom stereocenters. The van der Waals surface area contributed by atoms with Crippen molar-refractivity contribution >= 4 is 17.8 Å². The van der Waals surface area contributed by atoms with Crippen molar-refractivity contribution in [2.24, 2.45) is 0 Å². The number of nitrogens with two attached hydrogens (primary N) is 1. The first kappa shape index (κ1) is 20.5. The number of anilines is 1. The van der Waals surface area contributed by atoms with Crippen molar-refractivity contribution in [1.82, 2.24) is 4.98 Å². The summed E-state index contributed by atoms with van der Waals surface area (Å²) < 4.78 is 32.5. The highest BCUT2D eigenvalue weighted by atomic mass is 19.1. The smallest absolute Gasteiger partial charge is 0.342 e. The quantitative estimate of drug-likeness (QED) is 0.484. The second kappa shape index (κ2) is 8.03. The standard InChI is InChI=1S/C20H14F2N2O6/c21-10-3-1-9(2-4-10)8-30-13-7-11(22)5-6-12(13)14-15(19(26)27)17(23)24-18(25)16(14)20(28)29/h1-7H,8H2,(H,26,27)(H,28,29)(H3,23,24,25). The van der Waals surface area contributed by atoms with Crippen molar-refractivity contribution in [3.8, 4) is 16.9 Å². The number of hydrogen-bond donors (Lipinski definition) is 4. The molecule has 0 aliphatic carbocycles. The predicted octanol–water partition coefficient (Wildman–Crippen LogP) is 2.88. The zero-order valence-electron chi connectivity index (χ0n) is 15.1. The van der Waals surface area contributed by atoms with E-state index in [4.69, 9.17) is 10.5 Å². The molecule has 0 fully saturated rings. The van der Waals surface area contributed by atoms with Crippen molar-refractivity contribution in [2.45, 2.75) is 6.61 Å². The lowest BCUT2D eigenvalue weighted by Crippen LogP contribution is -2.24. The molecule has 0 saturated carbocycles. The molecular formula is C20H14F2N2O6. The summed E-state index contributed by atoms with van der Waals surface area (Å²) in [7, 11) is 0. The first-order valence-corrected chi connectivity index (χ1v) is 8.38. The van der Waals surface area contributed by atoms with Gasteiger partial charge >= 0.3 is 11.9 Å². The highest BCUT2D eigenvalue weighted by Crippen LogP contribution is 2.36. The number of carboxylic acids is 2. The number of nitrogens with one attached hydrogen (secondary N) is 1. The highest BCUT2D eigenvalue weighted by Gasteiger charge is 2.28. The minimum Gasteiger partial charge on any atom is -0.488 e. The van der Waals surface area contributed by atoms with E-state index in [9.17, 15) is 33.4 Å². The van der Waals surface area contributed by atoms with Gasteiger partial charge in [-0.1, -0.05) is 12.1 Å². The third-order valence-electron chi connectivity index (χ3n) is 4.19. The van der Waals surface area contributed by atoms with Gasteiger partial charge in [-0.05, 0) is 29.8 Å². The van der Waals surface area contributed by atoms with E-state index in [1.165, 1.54) is 24.3 Å². The number of benzene rings is 2. The monoisotopic (exact) mass is 416 g/mol. The van der Waals surface area contributed by atoms with Gasteiger partial charge in [0.15, 0.2) is 0 Å². The van der Waals surface area contributed by atoms with Gasteiger partial charge in [0.2, 0.25) is 0 Å². The van der Waals surface area contributed by atoms with E-state index < -0.39 is 51.6 Å². The Morgan fingerprint density at radius 2 is 1.57 bits per heavy atom. The number of halogens is 2. The Bertz CT molecular complexity index is 1210. The molecule has 3 rings (SSSR count). The van der Waals surface area contributed by atoms with Crippen LogP contribution in [0.2, 0.25) is 0 Å². The Hall–Kier alpha value is -4.21. The lowest BCUT2D eigenvalue weighted by Gasteiger charge is -2.16. The van der Waals surface area contributed by atoms with Crippen LogP contribution in [0.3, 0.4) is 0 Å². The summed E-state index contributed by atoms with van der Waals surface area (Å²) >= 11 is 0. The average Bonchev–Trinajstić information content (AvgIpc) is 2.66. The average molecular weight is 416 g/mol. The molecule has 1 heterocycles. The zero-order chi connectivity index (χ0) is 22.0. The number of rotatable bonds is 6. The number of H-pyrrole nitrogens is 1. The van der Waals surface area contributed by atoms with Gasteiger partial charge < -0.3 is 25.7 Å². The van der Waals surface area contributed by atoms with Crippen LogP contribution in [0.15, 0.2) is 47.3 Å². The highest BCUT2D eigenvalue weighted by molar-refractivity contribution is 6.08. The molecule has 0 bridgehead atoms. The lowest BCUT2D eigenvalue weighted by atomic mass is 9.94. The molecule has 0 saturated heterocycles. The Balaban J connectivity index is 2.21. The van der Waals surface area contributed by atoms with Crippen molar-refractivity contribution in [3.05, 3.63) is 81.1 Å². The maximum atomic E-state index is 13.9.